The summed E-state index contributed by atoms with van der Waals surface area (Å²) in [5, 5.41) is 0. The van der Waals surface area contributed by atoms with Crippen molar-refractivity contribution in [1.29, 1.82) is 0 Å². The van der Waals surface area contributed by atoms with Gasteiger partial charge in [0.15, 0.2) is 5.78 Å². The zero-order valence-corrected chi connectivity index (χ0v) is 13.3. The zero-order chi connectivity index (χ0) is 19.6. The maximum atomic E-state index is 12.6. The average molecular weight is 354 g/mol. The highest BCUT2D eigenvalue weighted by atomic mass is 16.2. The average Bonchev–Trinajstić information content (AvgIpc) is 2.59. The summed E-state index contributed by atoms with van der Waals surface area (Å²) in [6.07, 6.45) is 0. The molecule has 0 fully saturated rings. The maximum Gasteiger partial charge on any atom is 0.249 e. The molecular formula is C17H14N4O5. The number of hydrogen-bond acceptors (Lipinski definition) is 5. The van der Waals surface area contributed by atoms with Crippen molar-refractivity contribution in [2.24, 2.45) is 22.9 Å². The number of carbonyl (C=O) groups excluding carboxylic acids is 5. The van der Waals surface area contributed by atoms with Crippen LogP contribution in [0.4, 0.5) is 0 Å². The van der Waals surface area contributed by atoms with E-state index in [0.29, 0.717) is 0 Å². The topological polar surface area (TPSA) is 189 Å². The summed E-state index contributed by atoms with van der Waals surface area (Å²) < 4.78 is 0. The van der Waals surface area contributed by atoms with Crippen LogP contribution < -0.4 is 22.9 Å². The van der Waals surface area contributed by atoms with Crippen LogP contribution in [-0.2, 0) is 0 Å². The molecule has 0 spiro atoms. The first-order valence-corrected chi connectivity index (χ1v) is 7.15. The molecule has 0 saturated heterocycles. The summed E-state index contributed by atoms with van der Waals surface area (Å²) in [6, 6.07) is 7.19. The molecule has 0 aliphatic heterocycles. The molecule has 2 aromatic rings. The molecule has 4 amide bonds. The second-order valence-corrected chi connectivity index (χ2v) is 5.31. The highest BCUT2D eigenvalue weighted by molar-refractivity contribution is 6.14. The van der Waals surface area contributed by atoms with Gasteiger partial charge in [0, 0.05) is 11.1 Å². The van der Waals surface area contributed by atoms with Crippen molar-refractivity contribution in [2.45, 2.75) is 0 Å². The van der Waals surface area contributed by atoms with Gasteiger partial charge in [0.25, 0.3) is 0 Å². The van der Waals surface area contributed by atoms with E-state index in [0.717, 1.165) is 12.1 Å². The minimum absolute atomic E-state index is 0.0195. The normalized spacial score (nSPS) is 10.2. The molecule has 0 aliphatic rings. The predicted octanol–water partition coefficient (Wildman–Crippen LogP) is -0.687. The lowest BCUT2D eigenvalue weighted by Crippen LogP contribution is -2.22. The van der Waals surface area contributed by atoms with Gasteiger partial charge in [0.05, 0.1) is 22.3 Å². The predicted molar refractivity (Wildman–Crippen MR) is 90.4 cm³/mol. The molecule has 0 radical (unpaired) electrons. The molecule has 0 saturated carbocycles. The van der Waals surface area contributed by atoms with Crippen LogP contribution >= 0.6 is 0 Å². The summed E-state index contributed by atoms with van der Waals surface area (Å²) in [5.41, 5.74) is 20.1. The standard InChI is InChI=1S/C17H14N4O5/c18-14(23)9-3-1-7(5-11(9)16(20)25)13(22)8-2-4-10(15(19)24)12(6-8)17(21)26/h1-6H,(H2,18,23)(H2,19,24)(H2,20,25)(H2,21,26). The second kappa shape index (κ2) is 6.85. The van der Waals surface area contributed by atoms with E-state index in [-0.39, 0.29) is 33.4 Å². The molecule has 8 N–H and O–H groups in total. The summed E-state index contributed by atoms with van der Waals surface area (Å²) in [6.45, 7) is 0. The third-order valence-corrected chi connectivity index (χ3v) is 3.63. The van der Waals surface area contributed by atoms with Crippen molar-refractivity contribution in [1.82, 2.24) is 0 Å². The first kappa shape index (κ1) is 18.3. The van der Waals surface area contributed by atoms with Crippen LogP contribution in [0.15, 0.2) is 36.4 Å². The number of rotatable bonds is 6. The number of amides is 4. The third-order valence-electron chi connectivity index (χ3n) is 3.63. The second-order valence-electron chi connectivity index (χ2n) is 5.31. The Morgan fingerprint density at radius 2 is 0.808 bits per heavy atom. The van der Waals surface area contributed by atoms with Gasteiger partial charge in [-0.3, -0.25) is 24.0 Å². The minimum atomic E-state index is -0.935. The molecule has 0 aliphatic carbocycles. The molecule has 0 atom stereocenters. The van der Waals surface area contributed by atoms with E-state index in [2.05, 4.69) is 0 Å². The Morgan fingerprint density at radius 1 is 0.500 bits per heavy atom. The van der Waals surface area contributed by atoms with E-state index in [4.69, 9.17) is 22.9 Å². The molecule has 9 heteroatoms. The third kappa shape index (κ3) is 3.41. The molecule has 0 unspecified atom stereocenters. The van der Waals surface area contributed by atoms with E-state index >= 15 is 0 Å². The van der Waals surface area contributed by atoms with Gasteiger partial charge in [-0.2, -0.15) is 0 Å². The van der Waals surface area contributed by atoms with Gasteiger partial charge < -0.3 is 22.9 Å². The summed E-state index contributed by atoms with van der Waals surface area (Å²) in [7, 11) is 0. The van der Waals surface area contributed by atoms with Crippen molar-refractivity contribution in [2.75, 3.05) is 0 Å². The SMILES string of the molecule is NC(=O)c1ccc(C(=O)c2ccc(C(N)=O)c(C(N)=O)c2)cc1C(N)=O. The molecule has 26 heavy (non-hydrogen) atoms. The highest BCUT2D eigenvalue weighted by Crippen LogP contribution is 2.18. The Hall–Kier alpha value is -4.01. The Labute approximate surface area is 146 Å². The lowest BCUT2D eigenvalue weighted by atomic mass is 9.95. The lowest BCUT2D eigenvalue weighted by molar-refractivity contribution is 0.0965. The first-order chi connectivity index (χ1) is 12.1. The highest BCUT2D eigenvalue weighted by Gasteiger charge is 2.20. The van der Waals surface area contributed by atoms with E-state index in [9.17, 15) is 24.0 Å². The number of primary amides is 4. The first-order valence-electron chi connectivity index (χ1n) is 7.15. The molecule has 0 heterocycles. The summed E-state index contributed by atoms with van der Waals surface area (Å²) >= 11 is 0. The number of ketones is 1. The quantitative estimate of drug-likeness (QED) is 0.498. The Kier molecular flexibility index (Phi) is 4.83. The molecular weight excluding hydrogens is 340 g/mol. The van der Waals surface area contributed by atoms with Gasteiger partial charge in [0.1, 0.15) is 0 Å². The Bertz CT molecular complexity index is 904. The largest absolute Gasteiger partial charge is 0.366 e. The van der Waals surface area contributed by atoms with Crippen molar-refractivity contribution < 1.29 is 24.0 Å². The van der Waals surface area contributed by atoms with Crippen LogP contribution in [0.25, 0.3) is 0 Å². The van der Waals surface area contributed by atoms with E-state index in [1.54, 1.807) is 0 Å². The fraction of sp³-hybridized carbons (Fsp3) is 0. The monoisotopic (exact) mass is 354 g/mol. The number of carbonyl (C=O) groups is 5. The van der Waals surface area contributed by atoms with Gasteiger partial charge in [-0.15, -0.1) is 0 Å². The van der Waals surface area contributed by atoms with Crippen molar-refractivity contribution >= 4 is 29.4 Å². The fourth-order valence-electron chi connectivity index (χ4n) is 2.38. The molecule has 9 nitrogen and oxygen atoms in total. The van der Waals surface area contributed by atoms with Gasteiger partial charge in [-0.1, -0.05) is 12.1 Å². The summed E-state index contributed by atoms with van der Waals surface area (Å²) in [4.78, 5) is 58.3. The molecule has 132 valence electrons. The lowest BCUT2D eigenvalue weighted by Gasteiger charge is -2.09. The zero-order valence-electron chi connectivity index (χ0n) is 13.3. The number of benzene rings is 2. The van der Waals surface area contributed by atoms with Crippen LogP contribution in [0.5, 0.6) is 0 Å². The smallest absolute Gasteiger partial charge is 0.249 e. The van der Waals surface area contributed by atoms with Crippen molar-refractivity contribution in [3.63, 3.8) is 0 Å². The van der Waals surface area contributed by atoms with E-state index in [1.165, 1.54) is 24.3 Å². The molecule has 0 bridgehead atoms. The van der Waals surface area contributed by atoms with Gasteiger partial charge in [-0.25, -0.2) is 0 Å². The fourth-order valence-corrected chi connectivity index (χ4v) is 2.38. The van der Waals surface area contributed by atoms with Crippen LogP contribution in [0.2, 0.25) is 0 Å². The minimum Gasteiger partial charge on any atom is -0.366 e. The number of nitrogens with two attached hydrogens (primary N) is 4. The van der Waals surface area contributed by atoms with Gasteiger partial charge in [-0.05, 0) is 24.3 Å². The summed E-state index contributed by atoms with van der Waals surface area (Å²) in [5.74, 6) is -4.22. The van der Waals surface area contributed by atoms with Crippen molar-refractivity contribution in [3.05, 3.63) is 69.8 Å². The molecule has 0 aromatic heterocycles. The Balaban J connectivity index is 2.56. The molecule has 2 aromatic carbocycles. The van der Waals surface area contributed by atoms with E-state index in [1.807, 2.05) is 0 Å². The van der Waals surface area contributed by atoms with E-state index < -0.39 is 29.4 Å². The van der Waals surface area contributed by atoms with Crippen LogP contribution in [0, 0.1) is 0 Å². The van der Waals surface area contributed by atoms with Crippen LogP contribution in [0.3, 0.4) is 0 Å². The van der Waals surface area contributed by atoms with Gasteiger partial charge >= 0.3 is 0 Å². The Morgan fingerprint density at radius 3 is 1.08 bits per heavy atom. The molecule has 2 rings (SSSR count). The maximum absolute atomic E-state index is 12.6. The van der Waals surface area contributed by atoms with Crippen LogP contribution in [0.1, 0.15) is 57.4 Å². The van der Waals surface area contributed by atoms with Crippen molar-refractivity contribution in [3.8, 4) is 0 Å². The van der Waals surface area contributed by atoms with Gasteiger partial charge in [0.2, 0.25) is 23.6 Å². The van der Waals surface area contributed by atoms with Crippen LogP contribution in [-0.4, -0.2) is 29.4 Å². The number of hydrogen-bond donors (Lipinski definition) is 4.